The van der Waals surface area contributed by atoms with Crippen LogP contribution in [0.15, 0.2) is 36.7 Å². The van der Waals surface area contributed by atoms with Gasteiger partial charge in [-0.3, -0.25) is 9.52 Å². The number of rotatable bonds is 7. The molecule has 0 saturated heterocycles. The number of alkyl halides is 1. The van der Waals surface area contributed by atoms with E-state index >= 15 is 0 Å². The molecule has 3 rings (SSSR count). The van der Waals surface area contributed by atoms with Crippen LogP contribution in [0.2, 0.25) is 0 Å². The first-order chi connectivity index (χ1) is 14.6. The van der Waals surface area contributed by atoms with E-state index in [1.807, 2.05) is 22.6 Å². The summed E-state index contributed by atoms with van der Waals surface area (Å²) in [5, 5.41) is 3.07. The number of benzene rings is 2. The molecule has 11 heteroatoms. The highest BCUT2D eigenvalue weighted by Gasteiger charge is 2.21. The minimum Gasteiger partial charge on any atom is -0.383 e. The summed E-state index contributed by atoms with van der Waals surface area (Å²) < 4.78 is 42.2. The molecule has 2 aromatic carbocycles. The van der Waals surface area contributed by atoms with Gasteiger partial charge in [-0.05, 0) is 30.2 Å². The third kappa shape index (κ3) is 5.21. The molecule has 0 aliphatic heterocycles. The average molecular weight is 557 g/mol. The van der Waals surface area contributed by atoms with Gasteiger partial charge in [-0.2, -0.15) is 0 Å². The summed E-state index contributed by atoms with van der Waals surface area (Å²) in [6.07, 6.45) is 1.25. The number of nitrogens with two attached hydrogens (primary N) is 1. The lowest BCUT2D eigenvalue weighted by Gasteiger charge is -2.17. The molecule has 1 amide bonds. The standard InChI is InChI=1S/C20H21FIN5O3S/c1-11(2)9-31(29,30)27-16-7-6-15(21)18(14(16)8-22)26-20(28)13-5-3-4-12-17(13)24-10-25-19(12)23/h3-7,10-11,27H,8-9H2,1-2H3,(H,26,28)(H2,23,24,25). The Balaban J connectivity index is 2.00. The number of anilines is 3. The lowest BCUT2D eigenvalue weighted by Crippen LogP contribution is -2.22. The molecule has 3 aromatic rings. The van der Waals surface area contributed by atoms with Crippen LogP contribution in [-0.2, 0) is 14.5 Å². The number of hydrogen-bond acceptors (Lipinski definition) is 6. The SMILES string of the molecule is CC(C)CS(=O)(=O)Nc1ccc(F)c(NC(=O)c2cccc3c(N)ncnc23)c1CI. The van der Waals surface area contributed by atoms with E-state index in [0.29, 0.717) is 16.5 Å². The molecule has 4 N–H and O–H groups in total. The average Bonchev–Trinajstić information content (AvgIpc) is 2.69. The van der Waals surface area contributed by atoms with Crippen LogP contribution >= 0.6 is 22.6 Å². The smallest absolute Gasteiger partial charge is 0.257 e. The number of carbonyl (C=O) groups is 1. The van der Waals surface area contributed by atoms with Crippen molar-refractivity contribution in [3.8, 4) is 0 Å². The number of nitrogen functional groups attached to an aromatic ring is 1. The number of hydrogen-bond donors (Lipinski definition) is 3. The van der Waals surface area contributed by atoms with Crippen LogP contribution in [0.25, 0.3) is 10.9 Å². The first-order valence-electron chi connectivity index (χ1n) is 9.31. The van der Waals surface area contributed by atoms with E-state index in [-0.39, 0.29) is 38.9 Å². The van der Waals surface area contributed by atoms with Gasteiger partial charge in [0.15, 0.2) is 0 Å². The highest BCUT2D eigenvalue weighted by Crippen LogP contribution is 2.32. The number of aromatic nitrogens is 2. The van der Waals surface area contributed by atoms with Gasteiger partial charge in [0, 0.05) is 15.4 Å². The lowest BCUT2D eigenvalue weighted by atomic mass is 10.1. The van der Waals surface area contributed by atoms with Gasteiger partial charge < -0.3 is 11.1 Å². The Kier molecular flexibility index (Phi) is 6.94. The van der Waals surface area contributed by atoms with Crippen molar-refractivity contribution in [1.82, 2.24) is 9.97 Å². The van der Waals surface area contributed by atoms with Crippen LogP contribution in [0.1, 0.15) is 29.8 Å². The molecule has 0 unspecified atom stereocenters. The molecule has 0 bridgehead atoms. The van der Waals surface area contributed by atoms with Crippen LogP contribution < -0.4 is 15.8 Å². The Morgan fingerprint density at radius 1 is 1.23 bits per heavy atom. The largest absolute Gasteiger partial charge is 0.383 e. The zero-order chi connectivity index (χ0) is 22.8. The quantitative estimate of drug-likeness (QED) is 0.299. The fourth-order valence-corrected chi connectivity index (χ4v) is 5.39. The van der Waals surface area contributed by atoms with Gasteiger partial charge in [-0.1, -0.05) is 42.5 Å². The van der Waals surface area contributed by atoms with Crippen LogP contribution in [0.3, 0.4) is 0 Å². The van der Waals surface area contributed by atoms with Gasteiger partial charge in [0.1, 0.15) is 18.0 Å². The Labute approximate surface area is 193 Å². The minimum absolute atomic E-state index is 0.0795. The summed E-state index contributed by atoms with van der Waals surface area (Å²) in [7, 11) is -3.63. The molecule has 0 spiro atoms. The molecule has 0 saturated carbocycles. The maximum absolute atomic E-state index is 14.7. The maximum Gasteiger partial charge on any atom is 0.257 e. The summed E-state index contributed by atoms with van der Waals surface area (Å²) in [4.78, 5) is 21.0. The Hall–Kier alpha value is -2.54. The Morgan fingerprint density at radius 3 is 2.65 bits per heavy atom. The summed E-state index contributed by atoms with van der Waals surface area (Å²) in [5.41, 5.74) is 6.83. The van der Waals surface area contributed by atoms with Crippen molar-refractivity contribution in [1.29, 1.82) is 0 Å². The van der Waals surface area contributed by atoms with Crippen molar-refractivity contribution in [2.24, 2.45) is 5.92 Å². The van der Waals surface area contributed by atoms with Crippen LogP contribution in [-0.4, -0.2) is 30.0 Å². The molecular weight excluding hydrogens is 536 g/mol. The topological polar surface area (TPSA) is 127 Å². The number of para-hydroxylation sites is 1. The Morgan fingerprint density at radius 2 is 1.97 bits per heavy atom. The molecular formula is C20H21FIN5O3S. The van der Waals surface area contributed by atoms with E-state index in [2.05, 4.69) is 20.0 Å². The lowest BCUT2D eigenvalue weighted by molar-refractivity contribution is 0.102. The molecule has 1 heterocycles. The fourth-order valence-electron chi connectivity index (χ4n) is 3.11. The third-order valence-corrected chi connectivity index (χ3v) is 6.79. The van der Waals surface area contributed by atoms with Crippen LogP contribution in [0.5, 0.6) is 0 Å². The van der Waals surface area contributed by atoms with Crippen molar-refractivity contribution in [3.05, 3.63) is 53.6 Å². The molecule has 0 fully saturated rings. The third-order valence-electron chi connectivity index (χ3n) is 4.39. The zero-order valence-electron chi connectivity index (χ0n) is 16.8. The predicted molar refractivity (Wildman–Crippen MR) is 128 cm³/mol. The molecule has 0 radical (unpaired) electrons. The van der Waals surface area contributed by atoms with Crippen LogP contribution in [0, 0.1) is 11.7 Å². The van der Waals surface area contributed by atoms with Gasteiger partial charge >= 0.3 is 0 Å². The van der Waals surface area contributed by atoms with Gasteiger partial charge in [-0.15, -0.1) is 0 Å². The highest BCUT2D eigenvalue weighted by molar-refractivity contribution is 14.1. The van der Waals surface area contributed by atoms with E-state index in [1.54, 1.807) is 32.0 Å². The highest BCUT2D eigenvalue weighted by atomic mass is 127. The molecule has 8 nitrogen and oxygen atoms in total. The van der Waals surface area contributed by atoms with E-state index in [1.165, 1.54) is 12.4 Å². The zero-order valence-corrected chi connectivity index (χ0v) is 19.8. The Bertz CT molecular complexity index is 1250. The second kappa shape index (κ2) is 9.30. The molecule has 0 aliphatic rings. The summed E-state index contributed by atoms with van der Waals surface area (Å²) in [6, 6.07) is 7.32. The second-order valence-electron chi connectivity index (χ2n) is 7.27. The monoisotopic (exact) mass is 557 g/mol. The van der Waals surface area contributed by atoms with Crippen molar-refractivity contribution < 1.29 is 17.6 Å². The van der Waals surface area contributed by atoms with E-state index in [0.717, 1.165) is 6.07 Å². The fraction of sp³-hybridized carbons (Fsp3) is 0.250. The first-order valence-corrected chi connectivity index (χ1v) is 12.5. The number of fused-ring (bicyclic) bond motifs is 1. The van der Waals surface area contributed by atoms with Gasteiger partial charge in [0.05, 0.1) is 28.2 Å². The second-order valence-corrected chi connectivity index (χ2v) is 9.80. The van der Waals surface area contributed by atoms with Crippen molar-refractivity contribution >= 4 is 66.6 Å². The molecule has 31 heavy (non-hydrogen) atoms. The van der Waals surface area contributed by atoms with Crippen molar-refractivity contribution in [3.63, 3.8) is 0 Å². The molecule has 0 atom stereocenters. The van der Waals surface area contributed by atoms with E-state index < -0.39 is 21.7 Å². The summed E-state index contributed by atoms with van der Waals surface area (Å²) in [5.74, 6) is -1.22. The van der Waals surface area contributed by atoms with E-state index in [4.69, 9.17) is 5.73 Å². The maximum atomic E-state index is 14.7. The number of sulfonamides is 1. The number of halogens is 2. The van der Waals surface area contributed by atoms with Gasteiger partial charge in [0.25, 0.3) is 5.91 Å². The van der Waals surface area contributed by atoms with Gasteiger partial charge in [-0.25, -0.2) is 22.8 Å². The number of nitrogens with zero attached hydrogens (tertiary/aromatic N) is 2. The van der Waals surface area contributed by atoms with Gasteiger partial charge in [0.2, 0.25) is 10.0 Å². The van der Waals surface area contributed by atoms with Crippen molar-refractivity contribution in [2.45, 2.75) is 18.3 Å². The predicted octanol–water partition coefficient (Wildman–Crippen LogP) is 3.94. The first kappa shape index (κ1) is 23.1. The van der Waals surface area contributed by atoms with E-state index in [9.17, 15) is 17.6 Å². The molecule has 1 aromatic heterocycles. The number of amides is 1. The summed E-state index contributed by atoms with van der Waals surface area (Å²) in [6.45, 7) is 3.57. The number of carbonyl (C=O) groups excluding carboxylic acids is 1. The summed E-state index contributed by atoms with van der Waals surface area (Å²) >= 11 is 1.99. The normalized spacial score (nSPS) is 11.6. The van der Waals surface area contributed by atoms with Crippen LogP contribution in [0.4, 0.5) is 21.6 Å². The van der Waals surface area contributed by atoms with Crippen molar-refractivity contribution in [2.75, 3.05) is 21.5 Å². The number of nitrogens with one attached hydrogen (secondary N) is 2. The molecule has 164 valence electrons. The molecule has 0 aliphatic carbocycles. The minimum atomic E-state index is -3.63.